The average Bonchev–Trinajstić information content (AvgIpc) is 2.72. The molecule has 0 atom stereocenters. The van der Waals surface area contributed by atoms with Crippen molar-refractivity contribution in [1.29, 1.82) is 0 Å². The summed E-state index contributed by atoms with van der Waals surface area (Å²) in [5.41, 5.74) is 6.16. The number of hydrogen-bond acceptors (Lipinski definition) is 6. The number of hydrogen-bond donors (Lipinski definition) is 3. The molecular weight excluding hydrogens is 417 g/mol. The zero-order valence-electron chi connectivity index (χ0n) is 15.2. The summed E-state index contributed by atoms with van der Waals surface area (Å²) in [7, 11) is 0. The molecule has 4 aromatic rings. The fourth-order valence-electron chi connectivity index (χ4n) is 2.85. The van der Waals surface area contributed by atoms with Gasteiger partial charge in [0.25, 0.3) is 0 Å². The van der Waals surface area contributed by atoms with E-state index in [1.165, 1.54) is 6.33 Å². The van der Waals surface area contributed by atoms with Crippen molar-refractivity contribution in [3.05, 3.63) is 71.6 Å². The number of rotatable bonds is 4. The van der Waals surface area contributed by atoms with Gasteiger partial charge >= 0.3 is 6.18 Å². The van der Waals surface area contributed by atoms with Crippen LogP contribution in [-0.2, 0) is 6.18 Å². The van der Waals surface area contributed by atoms with Crippen molar-refractivity contribution >= 4 is 51.2 Å². The van der Waals surface area contributed by atoms with E-state index in [0.29, 0.717) is 12.0 Å². The van der Waals surface area contributed by atoms with Crippen LogP contribution in [0, 0.1) is 0 Å². The zero-order valence-corrected chi connectivity index (χ0v) is 16.0. The summed E-state index contributed by atoms with van der Waals surface area (Å²) in [4.78, 5) is 11.9. The van der Waals surface area contributed by atoms with Crippen LogP contribution in [0.1, 0.15) is 5.56 Å². The quantitative estimate of drug-likeness (QED) is 0.381. The molecule has 2 aromatic carbocycles. The smallest absolute Gasteiger partial charge is 0.393 e. The van der Waals surface area contributed by atoms with E-state index in [4.69, 9.17) is 17.3 Å². The van der Waals surface area contributed by atoms with Gasteiger partial charge in [-0.25, -0.2) is 15.0 Å². The van der Waals surface area contributed by atoms with Gasteiger partial charge in [-0.2, -0.15) is 13.2 Å². The maximum absolute atomic E-state index is 12.8. The molecule has 0 bridgehead atoms. The van der Waals surface area contributed by atoms with E-state index >= 15 is 0 Å². The largest absolute Gasteiger partial charge is 0.417 e. The molecule has 4 rings (SSSR count). The molecule has 0 aliphatic heterocycles. The lowest BCUT2D eigenvalue weighted by Crippen LogP contribution is -2.08. The maximum atomic E-state index is 12.8. The van der Waals surface area contributed by atoms with E-state index in [0.717, 1.165) is 22.5 Å². The van der Waals surface area contributed by atoms with Crippen molar-refractivity contribution < 1.29 is 13.2 Å². The molecule has 0 aliphatic carbocycles. The first-order chi connectivity index (χ1) is 14.3. The van der Waals surface area contributed by atoms with Gasteiger partial charge in [0.2, 0.25) is 0 Å². The van der Waals surface area contributed by atoms with E-state index in [-0.39, 0.29) is 22.3 Å². The molecule has 152 valence electrons. The Labute approximate surface area is 173 Å². The van der Waals surface area contributed by atoms with Gasteiger partial charge in [0.05, 0.1) is 10.6 Å². The van der Waals surface area contributed by atoms with Crippen molar-refractivity contribution in [2.24, 2.45) is 0 Å². The van der Waals surface area contributed by atoms with Crippen LogP contribution in [0.25, 0.3) is 10.8 Å². The number of anilines is 5. The Balaban J connectivity index is 1.64. The molecule has 0 unspecified atom stereocenters. The van der Waals surface area contributed by atoms with Gasteiger partial charge in [-0.3, -0.25) is 0 Å². The molecular formula is C20H14ClF3N6. The molecule has 0 amide bonds. The van der Waals surface area contributed by atoms with E-state index < -0.39 is 11.7 Å². The second kappa shape index (κ2) is 7.68. The first-order valence-corrected chi connectivity index (χ1v) is 9.06. The number of alkyl halides is 3. The first kappa shape index (κ1) is 19.7. The van der Waals surface area contributed by atoms with Gasteiger partial charge in [0.15, 0.2) is 11.6 Å². The van der Waals surface area contributed by atoms with Crippen molar-refractivity contribution in [2.75, 3.05) is 16.4 Å². The normalized spacial score (nSPS) is 11.5. The molecule has 6 nitrogen and oxygen atoms in total. The number of fused-ring (bicyclic) bond motifs is 1. The third-order valence-electron chi connectivity index (χ3n) is 4.33. The molecule has 0 saturated carbocycles. The molecule has 2 heterocycles. The second-order valence-corrected chi connectivity index (χ2v) is 6.72. The highest BCUT2D eigenvalue weighted by molar-refractivity contribution is 6.33. The van der Waals surface area contributed by atoms with Crippen LogP contribution < -0.4 is 16.4 Å². The van der Waals surface area contributed by atoms with E-state index in [1.807, 2.05) is 42.5 Å². The zero-order chi connectivity index (χ0) is 21.3. The minimum Gasteiger partial charge on any atom is -0.393 e. The average molecular weight is 431 g/mol. The summed E-state index contributed by atoms with van der Waals surface area (Å²) in [6, 6.07) is 14.3. The summed E-state index contributed by atoms with van der Waals surface area (Å²) in [5.74, 6) is 0.472. The number of pyridine rings is 1. The van der Waals surface area contributed by atoms with Crippen LogP contribution in [0.5, 0.6) is 0 Å². The molecule has 0 saturated heterocycles. The second-order valence-electron chi connectivity index (χ2n) is 6.31. The molecule has 2 aromatic heterocycles. The Morgan fingerprint density at radius 1 is 0.867 bits per heavy atom. The number of nitrogens with two attached hydrogens (primary N) is 1. The predicted octanol–water partition coefficient (Wildman–Crippen LogP) is 5.77. The van der Waals surface area contributed by atoms with Gasteiger partial charge in [-0.1, -0.05) is 48.0 Å². The van der Waals surface area contributed by atoms with Gasteiger partial charge in [0.1, 0.15) is 17.8 Å². The standard InChI is InChI=1S/C20H14ClF3N6/c21-14-8-12(20(22,23)24)9-26-17(14)30-19-16(25)18(27-10-28-19)29-15-7-3-5-11-4-1-2-6-13(11)15/h1-10H,25H2,(H2,26,27,28,29,30). The van der Waals surface area contributed by atoms with E-state index in [9.17, 15) is 13.2 Å². The summed E-state index contributed by atoms with van der Waals surface area (Å²) in [6.07, 6.45) is -2.59. The number of halogens is 4. The SMILES string of the molecule is Nc1c(Nc2ncc(C(F)(F)F)cc2Cl)ncnc1Nc1cccc2ccccc12. The lowest BCUT2D eigenvalue weighted by molar-refractivity contribution is -0.137. The number of nitrogens with zero attached hydrogens (tertiary/aromatic N) is 3. The van der Waals surface area contributed by atoms with Crippen LogP contribution in [0.3, 0.4) is 0 Å². The number of nitrogen functional groups attached to an aromatic ring is 1. The highest BCUT2D eigenvalue weighted by Gasteiger charge is 2.31. The van der Waals surface area contributed by atoms with Crippen LogP contribution in [0.15, 0.2) is 61.1 Å². The predicted molar refractivity (Wildman–Crippen MR) is 111 cm³/mol. The van der Waals surface area contributed by atoms with E-state index in [2.05, 4.69) is 25.6 Å². The van der Waals surface area contributed by atoms with Crippen molar-refractivity contribution in [3.8, 4) is 0 Å². The maximum Gasteiger partial charge on any atom is 0.417 e. The molecule has 0 radical (unpaired) electrons. The summed E-state index contributed by atoms with van der Waals surface area (Å²) >= 11 is 5.95. The minimum atomic E-state index is -4.54. The van der Waals surface area contributed by atoms with Gasteiger partial charge in [-0.15, -0.1) is 0 Å². The lowest BCUT2D eigenvalue weighted by atomic mass is 10.1. The Morgan fingerprint density at radius 3 is 2.30 bits per heavy atom. The van der Waals surface area contributed by atoms with Crippen molar-refractivity contribution in [1.82, 2.24) is 15.0 Å². The van der Waals surface area contributed by atoms with Crippen LogP contribution >= 0.6 is 11.6 Å². The third kappa shape index (κ3) is 3.92. The lowest BCUT2D eigenvalue weighted by Gasteiger charge is -2.14. The van der Waals surface area contributed by atoms with Crippen molar-refractivity contribution in [3.63, 3.8) is 0 Å². The Kier molecular flexibility index (Phi) is 5.04. The van der Waals surface area contributed by atoms with Crippen LogP contribution in [-0.4, -0.2) is 15.0 Å². The molecule has 10 heteroatoms. The fraction of sp³-hybridized carbons (Fsp3) is 0.0500. The van der Waals surface area contributed by atoms with Gasteiger partial charge in [0, 0.05) is 17.3 Å². The van der Waals surface area contributed by atoms with E-state index in [1.54, 1.807) is 0 Å². The highest BCUT2D eigenvalue weighted by Crippen LogP contribution is 2.35. The number of nitrogens with one attached hydrogen (secondary N) is 2. The summed E-state index contributed by atoms with van der Waals surface area (Å²) in [6.45, 7) is 0. The topological polar surface area (TPSA) is 88.8 Å². The third-order valence-corrected chi connectivity index (χ3v) is 4.62. The van der Waals surface area contributed by atoms with Crippen LogP contribution in [0.2, 0.25) is 5.02 Å². The van der Waals surface area contributed by atoms with Crippen molar-refractivity contribution in [2.45, 2.75) is 6.18 Å². The molecule has 0 spiro atoms. The molecule has 0 fully saturated rings. The molecule has 30 heavy (non-hydrogen) atoms. The Morgan fingerprint density at radius 2 is 1.57 bits per heavy atom. The summed E-state index contributed by atoms with van der Waals surface area (Å²) < 4.78 is 38.4. The first-order valence-electron chi connectivity index (χ1n) is 8.68. The fourth-order valence-corrected chi connectivity index (χ4v) is 3.07. The highest BCUT2D eigenvalue weighted by atomic mass is 35.5. The monoisotopic (exact) mass is 430 g/mol. The Bertz CT molecular complexity index is 1220. The molecule has 0 aliphatic rings. The summed E-state index contributed by atoms with van der Waals surface area (Å²) in [5, 5.41) is 7.71. The Hall–Kier alpha value is -3.59. The minimum absolute atomic E-state index is 0.00817. The number of benzene rings is 2. The number of aromatic nitrogens is 3. The van der Waals surface area contributed by atoms with Crippen LogP contribution in [0.4, 0.5) is 42.0 Å². The van der Waals surface area contributed by atoms with Gasteiger partial charge in [-0.05, 0) is 17.5 Å². The van der Waals surface area contributed by atoms with Gasteiger partial charge < -0.3 is 16.4 Å². The molecule has 4 N–H and O–H groups in total.